The molecule has 0 radical (unpaired) electrons. The van der Waals surface area contributed by atoms with Crippen LogP contribution in [0.2, 0.25) is 0 Å². The molecule has 3 aromatic rings. The van der Waals surface area contributed by atoms with Crippen LogP contribution in [0.4, 0.5) is 0 Å². The van der Waals surface area contributed by atoms with Crippen molar-refractivity contribution in [2.24, 2.45) is 0 Å². The van der Waals surface area contributed by atoms with Gasteiger partial charge in [-0.2, -0.15) is 0 Å². The van der Waals surface area contributed by atoms with Gasteiger partial charge < -0.3 is 92.8 Å². The summed E-state index contributed by atoms with van der Waals surface area (Å²) in [6.07, 6.45) is 0. The van der Waals surface area contributed by atoms with Crippen molar-refractivity contribution in [2.75, 3.05) is 107 Å². The molecule has 0 aliphatic rings. The first-order valence-corrected chi connectivity index (χ1v) is 16.5. The van der Waals surface area contributed by atoms with Crippen molar-refractivity contribution < 1.29 is 92.8 Å². The number of halogens is 1. The normalized spacial score (nSPS) is 10.4. The average molecular weight is 830 g/mol. The van der Waals surface area contributed by atoms with Crippen LogP contribution < -0.4 is 108 Å². The SMILES string of the molecule is COc1c(OC)c(OC)c([Si]([O-])(c2c(OC)c(OC)c(OC)c(OC)c2OC)c2c(OC)c(OC)c(OC)c(OC)c2OC)c(OC)c1OC.[Br-].[Mg+2]. The van der Waals surface area contributed by atoms with Crippen LogP contribution in [0.3, 0.4) is 0 Å². The second-order valence-electron chi connectivity index (χ2n) is 9.80. The van der Waals surface area contributed by atoms with E-state index in [1.54, 1.807) is 0 Å². The standard InChI is InChI=1S/C33H45O16Si.BrH.Mg/c1-35-16-19(38-4)25(44-10)31(26(45-11)20(16)39-5)50(34,32-27(46-12)21(40-6)17(36-2)22(41-7)28(32)47-13)33-29(48-14)23(42-8)18(37-3)24(43-9)30(33)49-15;;/h1-15H3;1H;/q-1;;+2/p-1. The minimum atomic E-state index is -5.31. The Hall–Kier alpha value is -3.92. The van der Waals surface area contributed by atoms with Gasteiger partial charge in [0.2, 0.25) is 51.7 Å². The maximum Gasteiger partial charge on any atom is 2.00 e. The van der Waals surface area contributed by atoms with E-state index < -0.39 is 8.32 Å². The van der Waals surface area contributed by atoms with Crippen LogP contribution in [0.25, 0.3) is 0 Å². The Morgan fingerprint density at radius 2 is 0.346 bits per heavy atom. The van der Waals surface area contributed by atoms with E-state index >= 15 is 4.80 Å². The van der Waals surface area contributed by atoms with E-state index in [0.717, 1.165) is 0 Å². The number of rotatable bonds is 18. The summed E-state index contributed by atoms with van der Waals surface area (Å²) >= 11 is 0. The zero-order valence-corrected chi connectivity index (χ0v) is 36.1. The Labute approximate surface area is 331 Å². The molecule has 52 heavy (non-hydrogen) atoms. The molecule has 0 amide bonds. The summed E-state index contributed by atoms with van der Waals surface area (Å²) in [5, 5.41) is -0.351. The van der Waals surface area contributed by atoms with Gasteiger partial charge in [0.1, 0.15) is 0 Å². The number of hydrogen-bond donors (Lipinski definition) is 0. The first-order valence-electron chi connectivity index (χ1n) is 14.6. The number of hydrogen-bond acceptors (Lipinski definition) is 16. The summed E-state index contributed by atoms with van der Waals surface area (Å²) in [5.74, 6) is -0.229. The summed E-state index contributed by atoms with van der Waals surface area (Å²) in [6, 6.07) is 0. The molecule has 0 N–H and O–H groups in total. The van der Waals surface area contributed by atoms with Crippen LogP contribution in [-0.2, 0) is 0 Å². The Kier molecular flexibility index (Phi) is 17.5. The third-order valence-corrected chi connectivity index (χ3v) is 11.4. The van der Waals surface area contributed by atoms with Gasteiger partial charge in [0.15, 0.2) is 34.5 Å². The van der Waals surface area contributed by atoms with Crippen LogP contribution in [0, 0.1) is 0 Å². The molecule has 16 nitrogen and oxygen atoms in total. The maximum atomic E-state index is 17.4. The van der Waals surface area contributed by atoms with Gasteiger partial charge in [0.05, 0.1) is 115 Å². The van der Waals surface area contributed by atoms with E-state index in [1.807, 2.05) is 0 Å². The second kappa shape index (κ2) is 19.8. The second-order valence-corrected chi connectivity index (χ2v) is 12.7. The first-order chi connectivity index (χ1) is 24.1. The van der Waals surface area contributed by atoms with Crippen LogP contribution in [0.5, 0.6) is 86.2 Å². The molecular formula is C33H45BrMgO16Si. The van der Waals surface area contributed by atoms with Crippen LogP contribution in [0.1, 0.15) is 0 Å². The summed E-state index contributed by atoms with van der Waals surface area (Å²) < 4.78 is 88.1. The minimum Gasteiger partial charge on any atom is -1.00 e. The Morgan fingerprint density at radius 1 is 0.250 bits per heavy atom. The maximum absolute atomic E-state index is 17.4. The van der Waals surface area contributed by atoms with E-state index in [0.29, 0.717) is 0 Å². The topological polar surface area (TPSA) is 162 Å². The summed E-state index contributed by atoms with van der Waals surface area (Å²) in [5.41, 5.74) is 0. The largest absolute Gasteiger partial charge is 2.00 e. The molecule has 0 bridgehead atoms. The number of methoxy groups -OCH3 is 15. The molecule has 286 valence electrons. The minimum absolute atomic E-state index is 0. The zero-order chi connectivity index (χ0) is 37.5. The molecule has 3 rings (SSSR count). The van der Waals surface area contributed by atoms with Crippen LogP contribution >= 0.6 is 0 Å². The molecule has 0 aliphatic heterocycles. The van der Waals surface area contributed by atoms with Gasteiger partial charge in [0.25, 0.3) is 0 Å². The smallest absolute Gasteiger partial charge is 1.00 e. The predicted octanol–water partition coefficient (Wildman–Crippen LogP) is -2.23. The molecule has 3 aromatic carbocycles. The molecule has 0 atom stereocenters. The molecular weight excluding hydrogens is 785 g/mol. The van der Waals surface area contributed by atoms with Gasteiger partial charge in [-0.25, -0.2) is 0 Å². The van der Waals surface area contributed by atoms with Gasteiger partial charge in [0, 0.05) is 15.6 Å². The van der Waals surface area contributed by atoms with Crippen molar-refractivity contribution in [3.63, 3.8) is 0 Å². The van der Waals surface area contributed by atoms with Gasteiger partial charge in [-0.15, -0.1) is 0 Å². The molecule has 19 heteroatoms. The molecule has 0 saturated heterocycles. The van der Waals surface area contributed by atoms with Crippen molar-refractivity contribution in [1.29, 1.82) is 0 Å². The van der Waals surface area contributed by atoms with Crippen molar-refractivity contribution >= 4 is 46.9 Å². The first kappa shape index (κ1) is 46.1. The fourth-order valence-electron chi connectivity index (χ4n) is 6.09. The van der Waals surface area contributed by atoms with Crippen molar-refractivity contribution in [3.8, 4) is 86.2 Å². The van der Waals surface area contributed by atoms with E-state index in [4.69, 9.17) is 71.1 Å². The Morgan fingerprint density at radius 3 is 0.442 bits per heavy atom. The van der Waals surface area contributed by atoms with Gasteiger partial charge in [-0.1, -0.05) is 0 Å². The number of benzene rings is 3. The van der Waals surface area contributed by atoms with E-state index in [9.17, 15) is 0 Å². The molecule has 0 spiro atoms. The molecule has 0 aromatic heterocycles. The third-order valence-electron chi connectivity index (χ3n) is 7.96. The quantitative estimate of drug-likeness (QED) is 0.100. The van der Waals surface area contributed by atoms with E-state index in [-0.39, 0.29) is 142 Å². The number of ether oxygens (including phenoxy) is 15. The van der Waals surface area contributed by atoms with Crippen LogP contribution in [0.15, 0.2) is 0 Å². The van der Waals surface area contributed by atoms with Crippen molar-refractivity contribution in [1.82, 2.24) is 0 Å². The molecule has 0 saturated carbocycles. The zero-order valence-electron chi connectivity index (χ0n) is 32.1. The molecule has 0 unspecified atom stereocenters. The van der Waals surface area contributed by atoms with Gasteiger partial charge >= 0.3 is 23.1 Å². The predicted molar refractivity (Wildman–Crippen MR) is 188 cm³/mol. The summed E-state index contributed by atoms with van der Waals surface area (Å²) in [7, 11) is 15.3. The third kappa shape index (κ3) is 6.95. The van der Waals surface area contributed by atoms with E-state index in [2.05, 4.69) is 0 Å². The van der Waals surface area contributed by atoms with E-state index in [1.165, 1.54) is 107 Å². The summed E-state index contributed by atoms with van der Waals surface area (Å²) in [4.78, 5) is 17.4. The fraction of sp³-hybridized carbons (Fsp3) is 0.455. The Bertz CT molecular complexity index is 1400. The molecule has 0 heterocycles. The fourth-order valence-corrected chi connectivity index (χ4v) is 10.1. The molecule has 0 aliphatic carbocycles. The summed E-state index contributed by atoms with van der Waals surface area (Å²) in [6.45, 7) is 0. The Balaban J connectivity index is 0.00000676. The van der Waals surface area contributed by atoms with Gasteiger partial charge in [-0.05, 0) is 0 Å². The molecule has 0 fully saturated rings. The average Bonchev–Trinajstić information content (AvgIpc) is 3.16. The van der Waals surface area contributed by atoms with Crippen molar-refractivity contribution in [2.45, 2.75) is 0 Å². The monoisotopic (exact) mass is 828 g/mol. The van der Waals surface area contributed by atoms with Gasteiger partial charge in [-0.3, -0.25) is 0 Å². The van der Waals surface area contributed by atoms with Crippen LogP contribution in [-0.4, -0.2) is 138 Å². The van der Waals surface area contributed by atoms with Crippen molar-refractivity contribution in [3.05, 3.63) is 0 Å².